The lowest BCUT2D eigenvalue weighted by Gasteiger charge is -2.16. The van der Waals surface area contributed by atoms with Crippen molar-refractivity contribution in [2.24, 2.45) is 0 Å². The number of Topliss-reactive ketones (excluding diaryl/α,β-unsaturated/α-hetero) is 1. The minimum atomic E-state index is -4.27. The van der Waals surface area contributed by atoms with E-state index in [2.05, 4.69) is 0 Å². The second kappa shape index (κ2) is 4.85. The van der Waals surface area contributed by atoms with Gasteiger partial charge in [-0.05, 0) is 24.6 Å². The van der Waals surface area contributed by atoms with Crippen LogP contribution in [0.5, 0.6) is 0 Å². The summed E-state index contributed by atoms with van der Waals surface area (Å²) in [4.78, 5) is 24.4. The number of halogens is 4. The van der Waals surface area contributed by atoms with Crippen LogP contribution in [0.15, 0.2) is 18.2 Å². The average Bonchev–Trinajstić information content (AvgIpc) is 2.53. The Hall–Kier alpha value is -1.56. The molecule has 2 rings (SSSR count). The van der Waals surface area contributed by atoms with Crippen molar-refractivity contribution in [2.45, 2.75) is 19.0 Å². The third-order valence-electron chi connectivity index (χ3n) is 2.78. The summed E-state index contributed by atoms with van der Waals surface area (Å²) in [7, 11) is 0. The van der Waals surface area contributed by atoms with E-state index in [0.717, 1.165) is 4.90 Å². The highest BCUT2D eigenvalue weighted by molar-refractivity contribution is 6.52. The lowest BCUT2D eigenvalue weighted by Crippen LogP contribution is -2.31. The van der Waals surface area contributed by atoms with Gasteiger partial charge in [-0.2, -0.15) is 13.2 Å². The second-order valence-corrected chi connectivity index (χ2v) is 4.60. The van der Waals surface area contributed by atoms with Crippen LogP contribution in [0, 0.1) is 0 Å². The molecule has 0 radical (unpaired) electrons. The van der Waals surface area contributed by atoms with Crippen LogP contribution < -0.4 is 4.90 Å². The Balaban J connectivity index is 2.15. The molecule has 1 aromatic carbocycles. The van der Waals surface area contributed by atoms with Crippen molar-refractivity contribution in [3.05, 3.63) is 28.8 Å². The highest BCUT2D eigenvalue weighted by Crippen LogP contribution is 2.32. The van der Waals surface area contributed by atoms with Gasteiger partial charge in [-0.25, -0.2) is 0 Å². The molecular weight excluding hydrogens is 283 g/mol. The van der Waals surface area contributed by atoms with Gasteiger partial charge in [0.2, 0.25) is 0 Å². The molecule has 102 valence electrons. The Morgan fingerprint density at radius 2 is 1.89 bits per heavy atom. The smallest absolute Gasteiger partial charge is 0.305 e. The van der Waals surface area contributed by atoms with E-state index < -0.39 is 24.3 Å². The average molecular weight is 292 g/mol. The first-order chi connectivity index (χ1) is 8.79. The zero-order valence-electron chi connectivity index (χ0n) is 9.63. The standard InChI is InChI=1S/C12H9ClF3NO2/c13-7-2-3-9-8(6-7)10(18)11(19)17(9)5-1-4-12(14,15)16/h2-3,6H,1,4-5H2. The number of ketones is 1. The van der Waals surface area contributed by atoms with Gasteiger partial charge in [0.15, 0.2) is 0 Å². The molecule has 0 unspecified atom stereocenters. The van der Waals surface area contributed by atoms with E-state index >= 15 is 0 Å². The maximum atomic E-state index is 12.1. The zero-order chi connectivity index (χ0) is 14.2. The summed E-state index contributed by atoms with van der Waals surface area (Å²) >= 11 is 5.72. The van der Waals surface area contributed by atoms with E-state index in [1.807, 2.05) is 0 Å². The van der Waals surface area contributed by atoms with Crippen molar-refractivity contribution in [2.75, 3.05) is 11.4 Å². The summed E-state index contributed by atoms with van der Waals surface area (Å²) in [5.74, 6) is -1.54. The lowest BCUT2D eigenvalue weighted by molar-refractivity contribution is -0.135. The van der Waals surface area contributed by atoms with E-state index in [4.69, 9.17) is 11.6 Å². The Bertz CT molecular complexity index is 542. The number of carbonyl (C=O) groups excluding carboxylic acids is 2. The molecule has 0 spiro atoms. The second-order valence-electron chi connectivity index (χ2n) is 4.17. The molecule has 0 N–H and O–H groups in total. The van der Waals surface area contributed by atoms with Crippen LogP contribution in [-0.4, -0.2) is 24.4 Å². The number of carbonyl (C=O) groups is 2. The predicted molar refractivity (Wildman–Crippen MR) is 63.4 cm³/mol. The van der Waals surface area contributed by atoms with Gasteiger partial charge in [0, 0.05) is 18.0 Å². The summed E-state index contributed by atoms with van der Waals surface area (Å²) in [6.07, 6.45) is -5.51. The van der Waals surface area contributed by atoms with E-state index in [0.29, 0.717) is 10.7 Å². The van der Waals surface area contributed by atoms with E-state index in [9.17, 15) is 22.8 Å². The summed E-state index contributed by atoms with van der Waals surface area (Å²) in [6, 6.07) is 4.30. The van der Waals surface area contributed by atoms with E-state index in [1.54, 1.807) is 0 Å². The predicted octanol–water partition coefficient (Wildman–Crippen LogP) is 3.21. The van der Waals surface area contributed by atoms with Gasteiger partial charge in [-0.15, -0.1) is 0 Å². The van der Waals surface area contributed by atoms with Gasteiger partial charge in [0.1, 0.15) is 0 Å². The number of nitrogens with zero attached hydrogens (tertiary/aromatic N) is 1. The minimum absolute atomic E-state index is 0.140. The van der Waals surface area contributed by atoms with Gasteiger partial charge in [-0.3, -0.25) is 9.59 Å². The molecule has 1 aromatic rings. The number of rotatable bonds is 3. The Kier molecular flexibility index (Phi) is 3.54. The molecule has 0 saturated carbocycles. The lowest BCUT2D eigenvalue weighted by atomic mass is 10.1. The zero-order valence-corrected chi connectivity index (χ0v) is 10.4. The molecule has 7 heteroatoms. The molecule has 1 aliphatic heterocycles. The van der Waals surface area contributed by atoms with Gasteiger partial charge >= 0.3 is 6.18 Å². The molecule has 1 aliphatic rings. The highest BCUT2D eigenvalue weighted by Gasteiger charge is 2.36. The van der Waals surface area contributed by atoms with Gasteiger partial charge < -0.3 is 4.90 Å². The third-order valence-corrected chi connectivity index (χ3v) is 3.01. The van der Waals surface area contributed by atoms with Gasteiger partial charge in [0.25, 0.3) is 11.7 Å². The first-order valence-corrected chi connectivity index (χ1v) is 5.90. The van der Waals surface area contributed by atoms with Crippen LogP contribution in [0.3, 0.4) is 0 Å². The van der Waals surface area contributed by atoms with Crippen molar-refractivity contribution < 1.29 is 22.8 Å². The SMILES string of the molecule is O=C1C(=O)N(CCCC(F)(F)F)c2ccc(Cl)cc21. The van der Waals surface area contributed by atoms with Crippen molar-refractivity contribution >= 4 is 29.0 Å². The molecule has 19 heavy (non-hydrogen) atoms. The number of anilines is 1. The summed E-state index contributed by atoms with van der Waals surface area (Å²) in [6.45, 7) is -0.140. The van der Waals surface area contributed by atoms with Crippen LogP contribution in [0.2, 0.25) is 5.02 Å². The highest BCUT2D eigenvalue weighted by atomic mass is 35.5. The number of hydrogen-bond acceptors (Lipinski definition) is 2. The van der Waals surface area contributed by atoms with Gasteiger partial charge in [0.05, 0.1) is 11.3 Å². The monoisotopic (exact) mass is 291 g/mol. The topological polar surface area (TPSA) is 37.4 Å². The largest absolute Gasteiger partial charge is 0.389 e. The minimum Gasteiger partial charge on any atom is -0.305 e. The van der Waals surface area contributed by atoms with Crippen LogP contribution in [0.25, 0.3) is 0 Å². The van der Waals surface area contributed by atoms with Crippen molar-refractivity contribution in [3.63, 3.8) is 0 Å². The number of hydrogen-bond donors (Lipinski definition) is 0. The third kappa shape index (κ3) is 2.89. The molecule has 0 saturated heterocycles. The molecule has 3 nitrogen and oxygen atoms in total. The molecule has 0 atom stereocenters. The fraction of sp³-hybridized carbons (Fsp3) is 0.333. The Labute approximate surface area is 111 Å². The van der Waals surface area contributed by atoms with E-state index in [-0.39, 0.29) is 18.5 Å². The molecule has 0 aromatic heterocycles. The van der Waals surface area contributed by atoms with E-state index in [1.165, 1.54) is 18.2 Å². The fourth-order valence-electron chi connectivity index (χ4n) is 1.93. The van der Waals surface area contributed by atoms with Crippen LogP contribution >= 0.6 is 11.6 Å². The number of benzene rings is 1. The van der Waals surface area contributed by atoms with Crippen molar-refractivity contribution in [1.82, 2.24) is 0 Å². The Morgan fingerprint density at radius 1 is 1.21 bits per heavy atom. The van der Waals surface area contributed by atoms with Gasteiger partial charge in [-0.1, -0.05) is 11.6 Å². The maximum Gasteiger partial charge on any atom is 0.389 e. The molecule has 1 amide bonds. The normalized spacial score (nSPS) is 15.1. The Morgan fingerprint density at radius 3 is 2.53 bits per heavy atom. The number of alkyl halides is 3. The summed E-state index contributed by atoms with van der Waals surface area (Å²) in [5.41, 5.74) is 0.464. The quantitative estimate of drug-likeness (QED) is 0.802. The molecule has 0 bridgehead atoms. The van der Waals surface area contributed by atoms with Crippen molar-refractivity contribution in [3.8, 4) is 0 Å². The van der Waals surface area contributed by atoms with Crippen LogP contribution in [-0.2, 0) is 4.79 Å². The molecule has 1 heterocycles. The molecule has 0 aliphatic carbocycles. The maximum absolute atomic E-state index is 12.1. The number of amides is 1. The van der Waals surface area contributed by atoms with Crippen LogP contribution in [0.4, 0.5) is 18.9 Å². The molecule has 0 fully saturated rings. The fourth-order valence-corrected chi connectivity index (χ4v) is 2.10. The number of fused-ring (bicyclic) bond motifs is 1. The van der Waals surface area contributed by atoms with Crippen molar-refractivity contribution in [1.29, 1.82) is 0 Å². The first kappa shape index (κ1) is 13.9. The molecular formula is C12H9ClF3NO2. The first-order valence-electron chi connectivity index (χ1n) is 5.52. The van der Waals surface area contributed by atoms with Crippen LogP contribution in [0.1, 0.15) is 23.2 Å². The summed E-state index contributed by atoms with van der Waals surface area (Å²) < 4.78 is 36.2. The summed E-state index contributed by atoms with van der Waals surface area (Å²) in [5, 5.41) is 0.303.